The van der Waals surface area contributed by atoms with Crippen LogP contribution in [-0.2, 0) is 4.74 Å². The highest BCUT2D eigenvalue weighted by molar-refractivity contribution is 6.56. The molecule has 0 aliphatic heterocycles. The lowest BCUT2D eigenvalue weighted by Crippen LogP contribution is -2.29. The first-order valence-electron chi connectivity index (χ1n) is 11.7. The summed E-state index contributed by atoms with van der Waals surface area (Å²) in [6.07, 6.45) is 10.3. The molecule has 0 saturated heterocycles. The summed E-state index contributed by atoms with van der Waals surface area (Å²) >= 11 is 11.7. The summed E-state index contributed by atoms with van der Waals surface area (Å²) in [6.45, 7) is 6.59. The van der Waals surface area contributed by atoms with E-state index in [1.807, 2.05) is 20.0 Å². The number of aromatic nitrogens is 2. The van der Waals surface area contributed by atoms with Crippen LogP contribution in [0.3, 0.4) is 0 Å². The fraction of sp³-hybridized carbons (Fsp3) is 0.296. The van der Waals surface area contributed by atoms with Crippen LogP contribution in [0.15, 0.2) is 77.6 Å². The van der Waals surface area contributed by atoms with Crippen LogP contribution in [0.5, 0.6) is 0 Å². The quantitative estimate of drug-likeness (QED) is 0.107. The van der Waals surface area contributed by atoms with Crippen LogP contribution in [-0.4, -0.2) is 46.2 Å². The molecular weight excluding hydrogens is 519 g/mol. The zero-order chi connectivity index (χ0) is 26.9. The first kappa shape index (κ1) is 28.3. The lowest BCUT2D eigenvalue weighted by molar-refractivity contribution is 0.213. The zero-order valence-electron chi connectivity index (χ0n) is 20.7. The van der Waals surface area contributed by atoms with Gasteiger partial charge in [0.25, 0.3) is 0 Å². The van der Waals surface area contributed by atoms with E-state index in [1.165, 1.54) is 12.1 Å². The molecule has 37 heavy (non-hydrogen) atoms. The predicted octanol–water partition coefficient (Wildman–Crippen LogP) is 7.16. The van der Waals surface area contributed by atoms with E-state index < -0.39 is 17.6 Å². The molecule has 1 unspecified atom stereocenters. The molecule has 1 heterocycles. The number of halogens is 4. The van der Waals surface area contributed by atoms with Gasteiger partial charge in [-0.2, -0.15) is 0 Å². The topological polar surface area (TPSA) is 66.5 Å². The van der Waals surface area contributed by atoms with Crippen LogP contribution in [0.1, 0.15) is 37.7 Å². The molecule has 0 saturated carbocycles. The van der Waals surface area contributed by atoms with E-state index >= 15 is 0 Å². The number of hydrogen-bond donors (Lipinski definition) is 1. The Labute approximate surface area is 225 Å². The number of likely N-dealkylation sites (N-methyl/N-ethyl adjacent to an activating group) is 1. The third-order valence-corrected chi connectivity index (χ3v) is 6.32. The molecule has 0 bridgehead atoms. The van der Waals surface area contributed by atoms with Crippen molar-refractivity contribution in [1.29, 1.82) is 5.41 Å². The number of nitrogens with one attached hydrogen (secondary N) is 1. The van der Waals surface area contributed by atoms with Crippen LogP contribution in [0, 0.1) is 17.0 Å². The Bertz CT molecular complexity index is 1270. The van der Waals surface area contributed by atoms with Gasteiger partial charge in [0.2, 0.25) is 0 Å². The number of rotatable bonds is 11. The van der Waals surface area contributed by atoms with Gasteiger partial charge in [-0.3, -0.25) is 5.41 Å². The highest BCUT2D eigenvalue weighted by Gasteiger charge is 2.31. The summed E-state index contributed by atoms with van der Waals surface area (Å²) in [6, 6.07) is 3.52. The Morgan fingerprint density at radius 3 is 2.81 bits per heavy atom. The van der Waals surface area contributed by atoms with Gasteiger partial charge >= 0.3 is 0 Å². The molecule has 1 N–H and O–H groups in total. The Morgan fingerprint density at radius 1 is 1.41 bits per heavy atom. The highest BCUT2D eigenvalue weighted by atomic mass is 35.5. The van der Waals surface area contributed by atoms with Crippen molar-refractivity contribution in [1.82, 2.24) is 14.5 Å². The first-order valence-corrected chi connectivity index (χ1v) is 12.5. The number of amidine groups is 1. The molecule has 3 rings (SSSR count). The third kappa shape index (κ3) is 6.96. The van der Waals surface area contributed by atoms with Crippen molar-refractivity contribution in [2.75, 3.05) is 20.2 Å². The number of benzene rings is 1. The second kappa shape index (κ2) is 13.4. The molecule has 0 radical (unpaired) electrons. The lowest BCUT2D eigenvalue weighted by atomic mass is 9.95. The second-order valence-electron chi connectivity index (χ2n) is 8.36. The number of allylic oxidation sites excluding steroid dienone is 5. The van der Waals surface area contributed by atoms with Gasteiger partial charge in [0.05, 0.1) is 23.7 Å². The Kier molecular flexibility index (Phi) is 10.2. The largest absolute Gasteiger partial charge is 0.492 e. The molecule has 2 aromatic rings. The van der Waals surface area contributed by atoms with E-state index in [9.17, 15) is 8.78 Å². The van der Waals surface area contributed by atoms with Gasteiger partial charge in [-0.05, 0) is 50.0 Å². The second-order valence-corrected chi connectivity index (χ2v) is 8.95. The van der Waals surface area contributed by atoms with Crippen LogP contribution in [0.2, 0.25) is 5.15 Å². The van der Waals surface area contributed by atoms with E-state index in [4.69, 9.17) is 33.3 Å². The Morgan fingerprint density at radius 2 is 2.19 bits per heavy atom. The van der Waals surface area contributed by atoms with Gasteiger partial charge in [-0.15, -0.1) is 0 Å². The maximum atomic E-state index is 14.5. The minimum atomic E-state index is -0.637. The summed E-state index contributed by atoms with van der Waals surface area (Å²) in [5, 5.41) is 9.11. The van der Waals surface area contributed by atoms with Gasteiger partial charge in [0, 0.05) is 37.3 Å². The smallest absolute Gasteiger partial charge is 0.147 e. The zero-order valence-corrected chi connectivity index (χ0v) is 22.2. The Balaban J connectivity index is 1.65. The van der Waals surface area contributed by atoms with Crippen molar-refractivity contribution in [2.45, 2.75) is 32.1 Å². The fourth-order valence-corrected chi connectivity index (χ4v) is 4.53. The van der Waals surface area contributed by atoms with Gasteiger partial charge in [-0.1, -0.05) is 41.9 Å². The van der Waals surface area contributed by atoms with Gasteiger partial charge in [0.1, 0.15) is 34.7 Å². The molecule has 0 fully saturated rings. The number of nitrogens with zero attached hydrogens (tertiary/aromatic N) is 4. The van der Waals surface area contributed by atoms with Crippen LogP contribution >= 0.6 is 23.2 Å². The summed E-state index contributed by atoms with van der Waals surface area (Å²) in [5.41, 5.74) is 3.44. The average molecular weight is 548 g/mol. The van der Waals surface area contributed by atoms with Gasteiger partial charge in [0.15, 0.2) is 0 Å². The highest BCUT2D eigenvalue weighted by Crippen LogP contribution is 2.42. The van der Waals surface area contributed by atoms with Gasteiger partial charge in [-0.25, -0.2) is 18.8 Å². The van der Waals surface area contributed by atoms with E-state index in [1.54, 1.807) is 34.1 Å². The number of hydrogen-bond acceptors (Lipinski definition) is 4. The van der Waals surface area contributed by atoms with Crippen LogP contribution in [0.25, 0.3) is 5.70 Å². The van der Waals surface area contributed by atoms with Crippen molar-refractivity contribution in [3.05, 3.63) is 94.9 Å². The number of imidazole rings is 1. The summed E-state index contributed by atoms with van der Waals surface area (Å²) in [7, 11) is 1.82. The van der Waals surface area contributed by atoms with E-state index in [0.29, 0.717) is 60.2 Å². The monoisotopic (exact) mass is 547 g/mol. The van der Waals surface area contributed by atoms with Crippen molar-refractivity contribution in [3.8, 4) is 0 Å². The van der Waals surface area contributed by atoms with E-state index in [0.717, 1.165) is 17.4 Å². The standard InChI is InChI=1S/C27H29Cl2F2N5O/c1-4-7-23(36-15-25(29)34-17-36)24(5-2)37-13-6-12-35(3)27(32)21-11-10-20(26(21)33-16-28)19-9-8-18(30)14-22(19)31/h4-5,7-9,14-17,20,32H,1,6,10-13H2,2-3H3/b23-7+,24-5+,32-27?,33-16+. The van der Waals surface area contributed by atoms with Crippen molar-refractivity contribution in [3.63, 3.8) is 0 Å². The third-order valence-electron chi connectivity index (χ3n) is 6.03. The maximum absolute atomic E-state index is 14.5. The van der Waals surface area contributed by atoms with Crippen LogP contribution < -0.4 is 0 Å². The van der Waals surface area contributed by atoms with Crippen molar-refractivity contribution < 1.29 is 13.5 Å². The van der Waals surface area contributed by atoms with Crippen molar-refractivity contribution >= 4 is 40.4 Å². The normalized spacial score (nSPS) is 16.5. The molecule has 0 amide bonds. The van der Waals surface area contributed by atoms with E-state index in [2.05, 4.69) is 16.6 Å². The molecule has 1 atom stereocenters. The lowest BCUT2D eigenvalue weighted by Gasteiger charge is -2.22. The molecule has 6 nitrogen and oxygen atoms in total. The first-order chi connectivity index (χ1) is 17.8. The number of aliphatic imine (C=N–C) groups is 1. The molecule has 1 aromatic carbocycles. The molecule has 1 aromatic heterocycles. The van der Waals surface area contributed by atoms with Crippen molar-refractivity contribution in [2.24, 2.45) is 4.99 Å². The maximum Gasteiger partial charge on any atom is 0.147 e. The summed E-state index contributed by atoms with van der Waals surface area (Å²) < 4.78 is 35.6. The molecule has 1 aliphatic carbocycles. The number of ether oxygens (including phenoxy) is 1. The average Bonchev–Trinajstić information content (AvgIpc) is 3.49. The molecule has 196 valence electrons. The van der Waals surface area contributed by atoms with Crippen LogP contribution in [0.4, 0.5) is 8.78 Å². The summed E-state index contributed by atoms with van der Waals surface area (Å²) in [4.78, 5) is 10.1. The molecule has 0 spiro atoms. The SMILES string of the molecule is C=C/C=C(\C(=C/C)OCCCN(C)C(=N)C1=C(/N=C/Cl)C(c2ccc(F)cc2F)CC1)n1cnc(Cl)c1. The fourth-order valence-electron chi connectivity index (χ4n) is 4.28. The minimum Gasteiger partial charge on any atom is -0.492 e. The predicted molar refractivity (Wildman–Crippen MR) is 146 cm³/mol. The van der Waals surface area contributed by atoms with E-state index in [-0.39, 0.29) is 5.84 Å². The summed E-state index contributed by atoms with van der Waals surface area (Å²) in [5.74, 6) is -0.732. The Hall–Kier alpha value is -3.23. The molecule has 10 heteroatoms. The molecular formula is C27H29Cl2F2N5O. The molecule has 1 aliphatic rings. The van der Waals surface area contributed by atoms with Gasteiger partial charge < -0.3 is 14.2 Å². The minimum absolute atomic E-state index is 0.286.